The molecule has 0 unspecified atom stereocenters. The second kappa shape index (κ2) is 7.38. The molecule has 130 valence electrons. The molecule has 0 spiro atoms. The van der Waals surface area contributed by atoms with E-state index in [0.717, 1.165) is 11.1 Å². The van der Waals surface area contributed by atoms with E-state index in [4.69, 9.17) is 9.47 Å². The Bertz CT molecular complexity index is 786. The molecular formula is C20H21NO4. The van der Waals surface area contributed by atoms with Crippen LogP contribution in [0.4, 0.5) is 0 Å². The summed E-state index contributed by atoms with van der Waals surface area (Å²) in [5, 5.41) is 0. The van der Waals surface area contributed by atoms with Gasteiger partial charge in [0.25, 0.3) is 5.91 Å². The molecule has 2 aromatic rings. The summed E-state index contributed by atoms with van der Waals surface area (Å²) in [6, 6.07) is 13.2. The summed E-state index contributed by atoms with van der Waals surface area (Å²) in [6.07, 6.45) is 0. The van der Waals surface area contributed by atoms with Crippen molar-refractivity contribution >= 4 is 11.9 Å². The molecule has 0 aromatic heterocycles. The number of hydrogen-bond acceptors (Lipinski definition) is 4. The lowest BCUT2D eigenvalue weighted by Crippen LogP contribution is -2.23. The fraction of sp³-hybridized carbons (Fsp3) is 0.300. The van der Waals surface area contributed by atoms with E-state index in [-0.39, 0.29) is 5.91 Å². The van der Waals surface area contributed by atoms with Gasteiger partial charge in [0.2, 0.25) is 0 Å². The summed E-state index contributed by atoms with van der Waals surface area (Å²) < 4.78 is 10.7. The maximum Gasteiger partial charge on any atom is 0.341 e. The number of hydrogen-bond donors (Lipinski definition) is 0. The van der Waals surface area contributed by atoms with Crippen LogP contribution in [0.25, 0.3) is 0 Å². The zero-order valence-corrected chi connectivity index (χ0v) is 14.5. The lowest BCUT2D eigenvalue weighted by atomic mass is 10.0. The first-order valence-corrected chi connectivity index (χ1v) is 8.44. The van der Waals surface area contributed by atoms with E-state index in [1.54, 1.807) is 24.0 Å². The predicted octanol–water partition coefficient (Wildman–Crippen LogP) is 3.42. The molecule has 3 rings (SSSR count). The minimum Gasteiger partial charge on any atom is -0.493 e. The van der Waals surface area contributed by atoms with Crippen molar-refractivity contribution in [1.29, 1.82) is 0 Å². The number of carbonyl (C=O) groups excluding carboxylic acids is 2. The Morgan fingerprint density at radius 2 is 1.88 bits per heavy atom. The smallest absolute Gasteiger partial charge is 0.341 e. The maximum absolute atomic E-state index is 12.7. The van der Waals surface area contributed by atoms with Crippen molar-refractivity contribution < 1.29 is 19.1 Å². The van der Waals surface area contributed by atoms with Crippen LogP contribution in [0.5, 0.6) is 5.75 Å². The highest BCUT2D eigenvalue weighted by molar-refractivity contribution is 6.01. The molecule has 25 heavy (non-hydrogen) atoms. The van der Waals surface area contributed by atoms with Gasteiger partial charge in [0.05, 0.1) is 13.2 Å². The van der Waals surface area contributed by atoms with Crippen molar-refractivity contribution in [2.24, 2.45) is 0 Å². The Labute approximate surface area is 147 Å². The van der Waals surface area contributed by atoms with E-state index in [9.17, 15) is 9.59 Å². The third-order valence-electron chi connectivity index (χ3n) is 4.10. The average Bonchev–Trinajstić information content (AvgIpc) is 2.91. The molecule has 1 heterocycles. The Morgan fingerprint density at radius 1 is 1.12 bits per heavy atom. The minimum atomic E-state index is -0.428. The molecule has 1 amide bonds. The zero-order valence-electron chi connectivity index (χ0n) is 14.5. The summed E-state index contributed by atoms with van der Waals surface area (Å²) in [5.41, 5.74) is 2.86. The molecule has 2 aromatic carbocycles. The summed E-state index contributed by atoms with van der Waals surface area (Å²) in [4.78, 5) is 26.7. The van der Waals surface area contributed by atoms with Gasteiger partial charge in [0.1, 0.15) is 11.3 Å². The van der Waals surface area contributed by atoms with Gasteiger partial charge in [-0.2, -0.15) is 0 Å². The van der Waals surface area contributed by atoms with Gasteiger partial charge in [0.15, 0.2) is 0 Å². The molecule has 1 aliphatic rings. The molecule has 0 aliphatic carbocycles. The fourth-order valence-electron chi connectivity index (χ4n) is 2.98. The molecule has 0 N–H and O–H groups in total. The van der Waals surface area contributed by atoms with Gasteiger partial charge in [0, 0.05) is 18.7 Å². The van der Waals surface area contributed by atoms with Crippen LogP contribution < -0.4 is 4.74 Å². The molecular weight excluding hydrogens is 318 g/mol. The normalized spacial score (nSPS) is 12.9. The number of ether oxygens (including phenoxy) is 2. The molecule has 0 bridgehead atoms. The predicted molar refractivity (Wildman–Crippen MR) is 93.6 cm³/mol. The van der Waals surface area contributed by atoms with Crippen molar-refractivity contribution in [1.82, 2.24) is 4.90 Å². The number of benzene rings is 2. The van der Waals surface area contributed by atoms with Crippen LogP contribution in [-0.4, -0.2) is 30.0 Å². The van der Waals surface area contributed by atoms with Gasteiger partial charge in [-0.05, 0) is 37.1 Å². The number of nitrogens with zero attached hydrogens (tertiary/aromatic N) is 1. The highest BCUT2D eigenvalue weighted by atomic mass is 16.5. The summed E-state index contributed by atoms with van der Waals surface area (Å²) in [6.45, 7) is 5.31. The van der Waals surface area contributed by atoms with Crippen molar-refractivity contribution in [2.45, 2.75) is 26.9 Å². The van der Waals surface area contributed by atoms with Crippen LogP contribution in [0.15, 0.2) is 42.5 Å². The van der Waals surface area contributed by atoms with Gasteiger partial charge < -0.3 is 14.4 Å². The number of amides is 1. The van der Waals surface area contributed by atoms with Crippen LogP contribution in [0, 0.1) is 0 Å². The van der Waals surface area contributed by atoms with E-state index >= 15 is 0 Å². The van der Waals surface area contributed by atoms with E-state index in [2.05, 4.69) is 0 Å². The molecule has 5 nitrogen and oxygen atoms in total. The molecule has 1 aliphatic heterocycles. The topological polar surface area (TPSA) is 55.8 Å². The monoisotopic (exact) mass is 339 g/mol. The second-order valence-electron chi connectivity index (χ2n) is 5.81. The minimum absolute atomic E-state index is 0.0461. The quantitative estimate of drug-likeness (QED) is 0.757. The van der Waals surface area contributed by atoms with Crippen LogP contribution in [0.2, 0.25) is 0 Å². The molecule has 0 saturated carbocycles. The number of carbonyl (C=O) groups is 2. The molecule has 0 fully saturated rings. The fourth-order valence-corrected chi connectivity index (χ4v) is 2.98. The molecule has 0 saturated heterocycles. The Morgan fingerprint density at radius 3 is 2.56 bits per heavy atom. The Balaban J connectivity index is 1.90. The largest absolute Gasteiger partial charge is 0.493 e. The Hall–Kier alpha value is -2.82. The third-order valence-corrected chi connectivity index (χ3v) is 4.10. The first-order valence-electron chi connectivity index (χ1n) is 8.44. The maximum atomic E-state index is 12.7. The third kappa shape index (κ3) is 3.50. The van der Waals surface area contributed by atoms with Gasteiger partial charge in [-0.15, -0.1) is 0 Å². The molecule has 0 atom stereocenters. The van der Waals surface area contributed by atoms with Crippen LogP contribution in [-0.2, 0) is 17.8 Å². The summed E-state index contributed by atoms with van der Waals surface area (Å²) >= 11 is 0. The van der Waals surface area contributed by atoms with Crippen molar-refractivity contribution in [3.63, 3.8) is 0 Å². The van der Waals surface area contributed by atoms with Gasteiger partial charge >= 0.3 is 5.97 Å². The standard InChI is InChI=1S/C20H21NO4/c1-3-24-18-11-16-15(10-17(18)20(23)25-4-2)13-21(19(16)22)12-14-8-6-5-7-9-14/h5-11H,3-4,12-13H2,1-2H3. The van der Waals surface area contributed by atoms with E-state index in [1.165, 1.54) is 0 Å². The number of fused-ring (bicyclic) bond motifs is 1. The molecule has 5 heteroatoms. The van der Waals surface area contributed by atoms with Crippen LogP contribution >= 0.6 is 0 Å². The lowest BCUT2D eigenvalue weighted by Gasteiger charge is -2.15. The van der Waals surface area contributed by atoms with Crippen molar-refractivity contribution in [3.05, 3.63) is 64.7 Å². The summed E-state index contributed by atoms with van der Waals surface area (Å²) in [5.74, 6) is -0.0764. The number of rotatable bonds is 6. The SMILES string of the molecule is CCOC(=O)c1cc2c(cc1OCC)C(=O)N(Cc1ccccc1)C2. The lowest BCUT2D eigenvalue weighted by molar-refractivity contribution is 0.0521. The summed E-state index contributed by atoms with van der Waals surface area (Å²) in [7, 11) is 0. The Kier molecular flexibility index (Phi) is 5.03. The second-order valence-corrected chi connectivity index (χ2v) is 5.81. The van der Waals surface area contributed by atoms with E-state index < -0.39 is 5.97 Å². The van der Waals surface area contributed by atoms with Crippen molar-refractivity contribution in [3.8, 4) is 5.75 Å². The average molecular weight is 339 g/mol. The van der Waals surface area contributed by atoms with Crippen LogP contribution in [0.1, 0.15) is 45.7 Å². The molecule has 0 radical (unpaired) electrons. The highest BCUT2D eigenvalue weighted by Crippen LogP contribution is 2.31. The van der Waals surface area contributed by atoms with E-state index in [1.807, 2.05) is 37.3 Å². The zero-order chi connectivity index (χ0) is 17.8. The first kappa shape index (κ1) is 17.0. The van der Waals surface area contributed by atoms with Gasteiger partial charge in [-0.1, -0.05) is 30.3 Å². The van der Waals surface area contributed by atoms with E-state index in [0.29, 0.717) is 43.2 Å². The van der Waals surface area contributed by atoms with Crippen molar-refractivity contribution in [2.75, 3.05) is 13.2 Å². The van der Waals surface area contributed by atoms with Gasteiger partial charge in [-0.3, -0.25) is 4.79 Å². The first-order chi connectivity index (χ1) is 12.1. The highest BCUT2D eigenvalue weighted by Gasteiger charge is 2.30. The van der Waals surface area contributed by atoms with Gasteiger partial charge in [-0.25, -0.2) is 4.79 Å². The van der Waals surface area contributed by atoms with Crippen LogP contribution in [0.3, 0.4) is 0 Å². The number of esters is 1.